The topological polar surface area (TPSA) is 90.2 Å². The third kappa shape index (κ3) is 2.12. The van der Waals surface area contributed by atoms with Crippen molar-refractivity contribution in [2.45, 2.75) is 25.8 Å². The minimum atomic E-state index is -0.426. The maximum absolute atomic E-state index is 11.5. The average Bonchev–Trinajstić information content (AvgIpc) is 2.53. The van der Waals surface area contributed by atoms with Crippen LogP contribution in [-0.4, -0.2) is 34.8 Å². The molecule has 94 valence electrons. The second-order valence-corrected chi connectivity index (χ2v) is 4.62. The van der Waals surface area contributed by atoms with E-state index in [0.29, 0.717) is 11.3 Å². The van der Waals surface area contributed by atoms with Crippen LogP contribution in [0.5, 0.6) is 0 Å². The molecular weight excluding hydrogens is 218 g/mol. The van der Waals surface area contributed by atoms with E-state index in [4.69, 9.17) is 11.5 Å². The van der Waals surface area contributed by atoms with E-state index in [0.717, 1.165) is 31.7 Å². The highest BCUT2D eigenvalue weighted by Crippen LogP contribution is 2.25. The van der Waals surface area contributed by atoms with Gasteiger partial charge in [0, 0.05) is 26.2 Å². The molecule has 4 N–H and O–H groups in total. The Morgan fingerprint density at radius 1 is 1.53 bits per heavy atom. The highest BCUT2D eigenvalue weighted by Gasteiger charge is 2.26. The van der Waals surface area contributed by atoms with Gasteiger partial charge in [-0.1, -0.05) is 0 Å². The number of nitrogens with two attached hydrogens (primary N) is 2. The van der Waals surface area contributed by atoms with Gasteiger partial charge in [-0.2, -0.15) is 5.10 Å². The molecule has 2 heterocycles. The maximum atomic E-state index is 11.5. The molecule has 1 fully saturated rings. The summed E-state index contributed by atoms with van der Waals surface area (Å²) in [5.41, 5.74) is 12.6. The molecule has 1 aliphatic rings. The predicted molar refractivity (Wildman–Crippen MR) is 65.9 cm³/mol. The summed E-state index contributed by atoms with van der Waals surface area (Å²) >= 11 is 0. The smallest absolute Gasteiger partial charge is 0.254 e. The summed E-state index contributed by atoms with van der Waals surface area (Å²) in [5, 5.41) is 4.27. The van der Waals surface area contributed by atoms with Crippen LogP contribution in [0.3, 0.4) is 0 Å². The van der Waals surface area contributed by atoms with Crippen LogP contribution >= 0.6 is 0 Å². The standard InChI is InChI=1S/C11H19N5O/c1-7-9(10(13)17)11(15(2)14-7)16-5-3-4-8(12)6-16/h8H,3-6,12H2,1-2H3,(H2,13,17)/t8-/m1/s1. The van der Waals surface area contributed by atoms with Crippen molar-refractivity contribution in [2.75, 3.05) is 18.0 Å². The maximum Gasteiger partial charge on any atom is 0.254 e. The van der Waals surface area contributed by atoms with Crippen molar-refractivity contribution in [1.82, 2.24) is 9.78 Å². The molecule has 1 atom stereocenters. The van der Waals surface area contributed by atoms with Crippen LogP contribution in [0.4, 0.5) is 5.82 Å². The van der Waals surface area contributed by atoms with E-state index in [9.17, 15) is 4.79 Å². The Morgan fingerprint density at radius 3 is 2.82 bits per heavy atom. The summed E-state index contributed by atoms with van der Waals surface area (Å²) in [6, 6.07) is 0.152. The molecule has 6 nitrogen and oxygen atoms in total. The van der Waals surface area contributed by atoms with E-state index in [1.165, 1.54) is 0 Å². The van der Waals surface area contributed by atoms with Crippen molar-refractivity contribution in [3.05, 3.63) is 11.3 Å². The monoisotopic (exact) mass is 237 g/mol. The molecule has 0 saturated carbocycles. The fraction of sp³-hybridized carbons (Fsp3) is 0.636. The van der Waals surface area contributed by atoms with Crippen molar-refractivity contribution < 1.29 is 4.79 Å². The van der Waals surface area contributed by atoms with Gasteiger partial charge in [0.05, 0.1) is 5.69 Å². The summed E-state index contributed by atoms with van der Waals surface area (Å²) in [6.07, 6.45) is 2.06. The number of piperidine rings is 1. The second-order valence-electron chi connectivity index (χ2n) is 4.62. The second kappa shape index (κ2) is 4.37. The molecule has 1 aromatic rings. The van der Waals surface area contributed by atoms with Gasteiger partial charge in [-0.25, -0.2) is 0 Å². The number of rotatable bonds is 2. The first kappa shape index (κ1) is 11.9. The molecule has 1 aromatic heterocycles. The summed E-state index contributed by atoms with van der Waals surface area (Å²) in [6.45, 7) is 3.44. The fourth-order valence-corrected chi connectivity index (χ4v) is 2.50. The van der Waals surface area contributed by atoms with E-state index in [1.807, 2.05) is 7.05 Å². The zero-order chi connectivity index (χ0) is 12.6. The molecule has 1 saturated heterocycles. The fourth-order valence-electron chi connectivity index (χ4n) is 2.50. The quantitative estimate of drug-likeness (QED) is 0.742. The molecule has 0 spiro atoms. The molecule has 0 aliphatic carbocycles. The molecular formula is C11H19N5O. The van der Waals surface area contributed by atoms with Gasteiger partial charge in [-0.15, -0.1) is 0 Å². The highest BCUT2D eigenvalue weighted by atomic mass is 16.1. The van der Waals surface area contributed by atoms with Gasteiger partial charge in [0.1, 0.15) is 11.4 Å². The van der Waals surface area contributed by atoms with Gasteiger partial charge < -0.3 is 16.4 Å². The lowest BCUT2D eigenvalue weighted by atomic mass is 10.1. The van der Waals surface area contributed by atoms with E-state index in [1.54, 1.807) is 11.6 Å². The van der Waals surface area contributed by atoms with Crippen molar-refractivity contribution in [1.29, 1.82) is 0 Å². The minimum Gasteiger partial charge on any atom is -0.365 e. The van der Waals surface area contributed by atoms with Crippen LogP contribution in [-0.2, 0) is 7.05 Å². The molecule has 1 amide bonds. The number of anilines is 1. The molecule has 0 radical (unpaired) electrons. The predicted octanol–water partition coefficient (Wildman–Crippen LogP) is -0.245. The first-order valence-electron chi connectivity index (χ1n) is 5.84. The zero-order valence-electron chi connectivity index (χ0n) is 10.3. The Kier molecular flexibility index (Phi) is 3.06. The number of carbonyl (C=O) groups is 1. The van der Waals surface area contributed by atoms with E-state index < -0.39 is 5.91 Å². The Labute approximate surface area is 101 Å². The lowest BCUT2D eigenvalue weighted by molar-refractivity contribution is 0.1000. The van der Waals surface area contributed by atoms with Crippen molar-refractivity contribution in [3.8, 4) is 0 Å². The first-order chi connectivity index (χ1) is 8.00. The van der Waals surface area contributed by atoms with Crippen molar-refractivity contribution in [3.63, 3.8) is 0 Å². The molecule has 17 heavy (non-hydrogen) atoms. The van der Waals surface area contributed by atoms with Crippen LogP contribution in [0.2, 0.25) is 0 Å². The first-order valence-corrected chi connectivity index (χ1v) is 5.84. The molecule has 6 heteroatoms. The van der Waals surface area contributed by atoms with Gasteiger partial charge >= 0.3 is 0 Å². The Bertz CT molecular complexity index is 439. The Morgan fingerprint density at radius 2 is 2.24 bits per heavy atom. The molecule has 0 aromatic carbocycles. The molecule has 2 rings (SSSR count). The van der Waals surface area contributed by atoms with Gasteiger partial charge in [-0.3, -0.25) is 9.48 Å². The lowest BCUT2D eigenvalue weighted by Crippen LogP contribution is -2.44. The van der Waals surface area contributed by atoms with E-state index in [2.05, 4.69) is 10.00 Å². The van der Waals surface area contributed by atoms with Gasteiger partial charge in [0.15, 0.2) is 0 Å². The number of amides is 1. The number of aryl methyl sites for hydroxylation is 2. The zero-order valence-corrected chi connectivity index (χ0v) is 10.3. The molecule has 1 aliphatic heterocycles. The number of nitrogens with zero attached hydrogens (tertiary/aromatic N) is 3. The minimum absolute atomic E-state index is 0.152. The summed E-state index contributed by atoms with van der Waals surface area (Å²) in [4.78, 5) is 13.6. The van der Waals surface area contributed by atoms with Crippen LogP contribution in [0, 0.1) is 6.92 Å². The lowest BCUT2D eigenvalue weighted by Gasteiger charge is -2.32. The summed E-state index contributed by atoms with van der Waals surface area (Å²) in [5.74, 6) is 0.370. The average molecular weight is 237 g/mol. The summed E-state index contributed by atoms with van der Waals surface area (Å²) in [7, 11) is 1.83. The summed E-state index contributed by atoms with van der Waals surface area (Å²) < 4.78 is 1.72. The SMILES string of the molecule is Cc1nn(C)c(N2CCC[C@@H](N)C2)c1C(N)=O. The van der Waals surface area contributed by atoms with Gasteiger partial charge in [0.25, 0.3) is 5.91 Å². The van der Waals surface area contributed by atoms with Crippen LogP contribution < -0.4 is 16.4 Å². The Balaban J connectivity index is 2.40. The number of primary amides is 1. The van der Waals surface area contributed by atoms with Crippen LogP contribution in [0.1, 0.15) is 28.9 Å². The van der Waals surface area contributed by atoms with Gasteiger partial charge in [0.2, 0.25) is 0 Å². The highest BCUT2D eigenvalue weighted by molar-refractivity contribution is 5.99. The Hall–Kier alpha value is -1.56. The third-order valence-corrected chi connectivity index (χ3v) is 3.20. The van der Waals surface area contributed by atoms with E-state index in [-0.39, 0.29) is 6.04 Å². The third-order valence-electron chi connectivity index (χ3n) is 3.20. The van der Waals surface area contributed by atoms with Crippen molar-refractivity contribution in [2.24, 2.45) is 18.5 Å². The largest absolute Gasteiger partial charge is 0.365 e. The number of hydrogen-bond acceptors (Lipinski definition) is 4. The van der Waals surface area contributed by atoms with Crippen LogP contribution in [0.15, 0.2) is 0 Å². The number of hydrogen-bond donors (Lipinski definition) is 2. The number of aromatic nitrogens is 2. The number of carbonyl (C=O) groups excluding carboxylic acids is 1. The van der Waals surface area contributed by atoms with Gasteiger partial charge in [-0.05, 0) is 19.8 Å². The molecule has 0 bridgehead atoms. The molecule has 0 unspecified atom stereocenters. The normalized spacial score (nSPS) is 20.6. The van der Waals surface area contributed by atoms with E-state index >= 15 is 0 Å². The van der Waals surface area contributed by atoms with Crippen molar-refractivity contribution >= 4 is 11.7 Å². The van der Waals surface area contributed by atoms with Crippen LogP contribution in [0.25, 0.3) is 0 Å².